The summed E-state index contributed by atoms with van der Waals surface area (Å²) in [6, 6.07) is 9.70. The number of hydrogen-bond donors (Lipinski definition) is 1. The summed E-state index contributed by atoms with van der Waals surface area (Å²) in [6.45, 7) is 8.91. The van der Waals surface area contributed by atoms with Crippen LogP contribution in [0.4, 0.5) is 5.69 Å². The van der Waals surface area contributed by atoms with Gasteiger partial charge in [0, 0.05) is 16.5 Å². The predicted molar refractivity (Wildman–Crippen MR) is 94.9 cm³/mol. The fourth-order valence-electron chi connectivity index (χ4n) is 2.35. The molecule has 2 aromatic carbocycles. The topological polar surface area (TPSA) is 52.3 Å². The minimum absolute atomic E-state index is 0.0418. The number of ketones is 1. The lowest BCUT2D eigenvalue weighted by molar-refractivity contribution is -0.113. The maximum absolute atomic E-state index is 11.7. The molecule has 2 N–H and O–H groups in total. The van der Waals surface area contributed by atoms with Crippen LogP contribution in [0, 0.1) is 6.92 Å². The molecule has 0 aliphatic carbocycles. The summed E-state index contributed by atoms with van der Waals surface area (Å²) in [5.74, 6) is 1.25. The average molecular weight is 313 g/mol. The first kappa shape index (κ1) is 16.2. The molecule has 0 saturated heterocycles. The zero-order valence-corrected chi connectivity index (χ0v) is 13.8. The lowest BCUT2D eigenvalue weighted by Gasteiger charge is -2.15. The number of anilines is 1. The number of Topliss-reactive ketones (excluding diaryl/α,β-unsaturated/α-hetero) is 1. The van der Waals surface area contributed by atoms with Crippen LogP contribution in [-0.2, 0) is 4.79 Å². The van der Waals surface area contributed by atoms with Gasteiger partial charge in [-0.1, -0.05) is 42.6 Å². The van der Waals surface area contributed by atoms with Crippen LogP contribution >= 0.6 is 11.8 Å². The largest absolute Gasteiger partial charge is 0.460 e. The van der Waals surface area contributed by atoms with Crippen LogP contribution < -0.4 is 10.5 Å². The molecule has 0 spiro atoms. The van der Waals surface area contributed by atoms with Crippen LogP contribution in [0.25, 0.3) is 10.8 Å². The number of allylic oxidation sites excluding steroid dienone is 2. The first-order valence-electron chi connectivity index (χ1n) is 6.90. The van der Waals surface area contributed by atoms with Gasteiger partial charge in [-0.05, 0) is 37.8 Å². The Bertz CT molecular complexity index is 778. The molecule has 0 radical (unpaired) electrons. The van der Waals surface area contributed by atoms with Gasteiger partial charge in [-0.15, -0.1) is 0 Å². The molecule has 2 aromatic rings. The van der Waals surface area contributed by atoms with E-state index in [-0.39, 0.29) is 5.78 Å². The second-order valence-electron chi connectivity index (χ2n) is 4.99. The second kappa shape index (κ2) is 6.71. The SMILES string of the molecule is C=CS/C(C(C)=O)=C(\C)Oc1c(C)cc(N)c2ccccc12. The van der Waals surface area contributed by atoms with Gasteiger partial charge in [0.05, 0.1) is 4.91 Å². The number of carbonyl (C=O) groups excluding carboxylic acids is 1. The van der Waals surface area contributed by atoms with Crippen molar-refractivity contribution in [2.24, 2.45) is 0 Å². The van der Waals surface area contributed by atoms with Crippen LogP contribution in [0.2, 0.25) is 0 Å². The smallest absolute Gasteiger partial charge is 0.169 e. The molecule has 0 fully saturated rings. The van der Waals surface area contributed by atoms with E-state index in [4.69, 9.17) is 10.5 Å². The van der Waals surface area contributed by atoms with Crippen molar-refractivity contribution < 1.29 is 9.53 Å². The molecule has 3 nitrogen and oxygen atoms in total. The summed E-state index contributed by atoms with van der Waals surface area (Å²) in [5.41, 5.74) is 7.72. The van der Waals surface area contributed by atoms with Crippen molar-refractivity contribution in [3.05, 3.63) is 58.5 Å². The van der Waals surface area contributed by atoms with E-state index in [2.05, 4.69) is 6.58 Å². The van der Waals surface area contributed by atoms with E-state index in [1.807, 2.05) is 37.3 Å². The Morgan fingerprint density at radius 3 is 2.50 bits per heavy atom. The van der Waals surface area contributed by atoms with Gasteiger partial charge in [0.15, 0.2) is 5.78 Å². The molecule has 0 aliphatic heterocycles. The van der Waals surface area contributed by atoms with Crippen molar-refractivity contribution in [1.82, 2.24) is 0 Å². The molecule has 0 heterocycles. The fourth-order valence-corrected chi connectivity index (χ4v) is 2.89. The molecular formula is C18H19NO2S. The Kier molecular flexibility index (Phi) is 4.93. The summed E-state index contributed by atoms with van der Waals surface area (Å²) in [5, 5.41) is 3.50. The minimum atomic E-state index is -0.0418. The summed E-state index contributed by atoms with van der Waals surface area (Å²) in [7, 11) is 0. The summed E-state index contributed by atoms with van der Waals surface area (Å²) < 4.78 is 6.02. The van der Waals surface area contributed by atoms with Crippen LogP contribution in [-0.4, -0.2) is 5.78 Å². The Morgan fingerprint density at radius 2 is 1.91 bits per heavy atom. The lowest BCUT2D eigenvalue weighted by Crippen LogP contribution is -2.03. The van der Waals surface area contributed by atoms with Crippen molar-refractivity contribution >= 4 is 34.0 Å². The molecular weight excluding hydrogens is 294 g/mol. The Balaban J connectivity index is 2.58. The van der Waals surface area contributed by atoms with Gasteiger partial charge in [0.25, 0.3) is 0 Å². The highest BCUT2D eigenvalue weighted by molar-refractivity contribution is 8.06. The molecule has 0 unspecified atom stereocenters. The van der Waals surface area contributed by atoms with E-state index in [9.17, 15) is 4.79 Å². The van der Waals surface area contributed by atoms with Crippen molar-refractivity contribution in [2.75, 3.05) is 5.73 Å². The van der Waals surface area contributed by atoms with Crippen LogP contribution in [0.1, 0.15) is 19.4 Å². The summed E-state index contributed by atoms with van der Waals surface area (Å²) in [6.07, 6.45) is 0. The minimum Gasteiger partial charge on any atom is -0.460 e. The standard InChI is InChI=1S/C18H19NO2S/c1-5-22-18(12(3)20)13(4)21-17-11(2)10-16(19)14-8-6-7-9-15(14)17/h5-10H,1,19H2,2-4H3/b18-13+. The molecule has 0 amide bonds. The van der Waals surface area contributed by atoms with Crippen LogP contribution in [0.5, 0.6) is 5.75 Å². The molecule has 0 atom stereocenters. The van der Waals surface area contributed by atoms with E-state index in [0.717, 1.165) is 22.1 Å². The van der Waals surface area contributed by atoms with Gasteiger partial charge >= 0.3 is 0 Å². The maximum Gasteiger partial charge on any atom is 0.169 e. The zero-order valence-electron chi connectivity index (χ0n) is 13.0. The Hall–Kier alpha value is -2.20. The quantitative estimate of drug-likeness (QED) is 0.489. The number of benzene rings is 2. The third-order valence-corrected chi connectivity index (χ3v) is 4.29. The van der Waals surface area contributed by atoms with E-state index in [1.165, 1.54) is 18.7 Å². The fraction of sp³-hybridized carbons (Fsp3) is 0.167. The third kappa shape index (κ3) is 3.17. The highest BCUT2D eigenvalue weighted by Gasteiger charge is 2.14. The van der Waals surface area contributed by atoms with Gasteiger partial charge < -0.3 is 10.5 Å². The molecule has 0 saturated carbocycles. The van der Waals surface area contributed by atoms with E-state index >= 15 is 0 Å². The number of thioether (sulfide) groups is 1. The first-order valence-corrected chi connectivity index (χ1v) is 7.78. The van der Waals surface area contributed by atoms with E-state index in [0.29, 0.717) is 16.4 Å². The van der Waals surface area contributed by atoms with Crippen LogP contribution in [0.3, 0.4) is 0 Å². The zero-order chi connectivity index (χ0) is 16.3. The molecule has 2 rings (SSSR count). The number of carbonyl (C=O) groups is 1. The van der Waals surface area contributed by atoms with Gasteiger partial charge in [0.2, 0.25) is 0 Å². The number of nitrogens with two attached hydrogens (primary N) is 1. The summed E-state index contributed by atoms with van der Waals surface area (Å²) >= 11 is 1.27. The molecule has 0 aromatic heterocycles. The van der Waals surface area contributed by atoms with Crippen molar-refractivity contribution in [2.45, 2.75) is 20.8 Å². The van der Waals surface area contributed by atoms with Crippen LogP contribution in [0.15, 0.2) is 53.0 Å². The number of rotatable bonds is 5. The summed E-state index contributed by atoms with van der Waals surface area (Å²) in [4.78, 5) is 12.3. The number of ether oxygens (including phenoxy) is 1. The highest BCUT2D eigenvalue weighted by Crippen LogP contribution is 2.35. The van der Waals surface area contributed by atoms with Crippen molar-refractivity contribution in [1.29, 1.82) is 0 Å². The number of hydrogen-bond acceptors (Lipinski definition) is 4. The molecule has 4 heteroatoms. The molecule has 0 bridgehead atoms. The monoisotopic (exact) mass is 313 g/mol. The highest BCUT2D eigenvalue weighted by atomic mass is 32.2. The van der Waals surface area contributed by atoms with Gasteiger partial charge in [-0.3, -0.25) is 4.79 Å². The number of aryl methyl sites for hydroxylation is 1. The van der Waals surface area contributed by atoms with E-state index < -0.39 is 0 Å². The van der Waals surface area contributed by atoms with Crippen molar-refractivity contribution in [3.63, 3.8) is 0 Å². The number of nitrogen functional groups attached to an aromatic ring is 1. The molecule has 0 aliphatic rings. The van der Waals surface area contributed by atoms with E-state index in [1.54, 1.807) is 12.3 Å². The maximum atomic E-state index is 11.7. The van der Waals surface area contributed by atoms with Gasteiger partial charge in [-0.25, -0.2) is 0 Å². The molecule has 114 valence electrons. The third-order valence-electron chi connectivity index (χ3n) is 3.31. The first-order chi connectivity index (χ1) is 10.5. The lowest BCUT2D eigenvalue weighted by atomic mass is 10.0. The second-order valence-corrected chi connectivity index (χ2v) is 5.96. The molecule has 22 heavy (non-hydrogen) atoms. The Labute approximate surface area is 134 Å². The average Bonchev–Trinajstić information content (AvgIpc) is 2.48. The predicted octanol–water partition coefficient (Wildman–Crippen LogP) is 4.81. The van der Waals surface area contributed by atoms with Gasteiger partial charge in [-0.2, -0.15) is 0 Å². The van der Waals surface area contributed by atoms with Gasteiger partial charge in [0.1, 0.15) is 11.5 Å². The number of fused-ring (bicyclic) bond motifs is 1. The van der Waals surface area contributed by atoms with Crippen molar-refractivity contribution in [3.8, 4) is 5.75 Å². The normalized spacial score (nSPS) is 12.0. The Morgan fingerprint density at radius 1 is 1.27 bits per heavy atom.